The zero-order chi connectivity index (χ0) is 23.0. The molecule has 4 aromatic rings. The SMILES string of the molecule is Cc1c(F)cccc1S(=O)(=O)n1c(COc2ccc([N+](=O)[O-])cc2)nc2ccc(Br)cc21. The van der Waals surface area contributed by atoms with Gasteiger partial charge in [-0.05, 0) is 49.4 Å². The second-order valence-electron chi connectivity index (χ2n) is 6.83. The third-order valence-corrected chi connectivity index (χ3v) is 7.17. The van der Waals surface area contributed by atoms with Crippen molar-refractivity contribution < 1.29 is 22.5 Å². The molecule has 0 aliphatic carbocycles. The molecular weight excluding hydrogens is 505 g/mol. The molecule has 8 nitrogen and oxygen atoms in total. The molecule has 0 unspecified atom stereocenters. The molecule has 0 amide bonds. The summed E-state index contributed by atoms with van der Waals surface area (Å²) < 4.78 is 48.6. The van der Waals surface area contributed by atoms with Gasteiger partial charge in [0.25, 0.3) is 15.7 Å². The van der Waals surface area contributed by atoms with E-state index in [0.717, 1.165) is 3.97 Å². The number of ether oxygens (including phenoxy) is 1. The average Bonchev–Trinajstić information content (AvgIpc) is 3.12. The van der Waals surface area contributed by atoms with Crippen molar-refractivity contribution in [1.82, 2.24) is 8.96 Å². The summed E-state index contributed by atoms with van der Waals surface area (Å²) in [6.07, 6.45) is 0. The maximum Gasteiger partial charge on any atom is 0.270 e. The molecule has 32 heavy (non-hydrogen) atoms. The number of nitro benzene ring substituents is 1. The van der Waals surface area contributed by atoms with Crippen LogP contribution in [-0.2, 0) is 16.6 Å². The average molecular weight is 520 g/mol. The summed E-state index contributed by atoms with van der Waals surface area (Å²) in [5, 5.41) is 10.8. The number of aromatic nitrogens is 2. The lowest BCUT2D eigenvalue weighted by Crippen LogP contribution is -2.18. The smallest absolute Gasteiger partial charge is 0.270 e. The lowest BCUT2D eigenvalue weighted by molar-refractivity contribution is -0.384. The van der Waals surface area contributed by atoms with Crippen molar-refractivity contribution in [1.29, 1.82) is 0 Å². The summed E-state index contributed by atoms with van der Waals surface area (Å²) in [7, 11) is -4.22. The fourth-order valence-electron chi connectivity index (χ4n) is 3.21. The first-order valence-electron chi connectivity index (χ1n) is 9.23. The molecule has 4 rings (SSSR count). The highest BCUT2D eigenvalue weighted by Gasteiger charge is 2.27. The van der Waals surface area contributed by atoms with Gasteiger partial charge in [0.05, 0.1) is 20.9 Å². The third-order valence-electron chi connectivity index (χ3n) is 4.79. The second-order valence-corrected chi connectivity index (χ2v) is 9.50. The minimum Gasteiger partial charge on any atom is -0.486 e. The van der Waals surface area contributed by atoms with E-state index in [1.54, 1.807) is 18.2 Å². The Hall–Kier alpha value is -3.31. The Labute approximate surface area is 190 Å². The van der Waals surface area contributed by atoms with Gasteiger partial charge >= 0.3 is 0 Å². The third kappa shape index (κ3) is 3.96. The highest BCUT2D eigenvalue weighted by Crippen LogP contribution is 2.29. The van der Waals surface area contributed by atoms with E-state index in [0.29, 0.717) is 21.3 Å². The van der Waals surface area contributed by atoms with Crippen molar-refractivity contribution in [2.24, 2.45) is 0 Å². The van der Waals surface area contributed by atoms with Crippen molar-refractivity contribution >= 4 is 42.7 Å². The quantitative estimate of drug-likeness (QED) is 0.263. The van der Waals surface area contributed by atoms with E-state index in [2.05, 4.69) is 20.9 Å². The number of imidazole rings is 1. The molecule has 3 aromatic carbocycles. The second kappa shape index (κ2) is 8.32. The molecule has 0 N–H and O–H groups in total. The van der Waals surface area contributed by atoms with Crippen LogP contribution in [0.25, 0.3) is 11.0 Å². The zero-order valence-electron chi connectivity index (χ0n) is 16.5. The van der Waals surface area contributed by atoms with Crippen LogP contribution in [0.3, 0.4) is 0 Å². The first-order valence-corrected chi connectivity index (χ1v) is 11.5. The number of non-ortho nitro benzene ring substituents is 1. The van der Waals surface area contributed by atoms with Gasteiger partial charge in [-0.2, -0.15) is 0 Å². The molecule has 0 aliphatic heterocycles. The highest BCUT2D eigenvalue weighted by atomic mass is 79.9. The molecule has 0 fully saturated rings. The summed E-state index contributed by atoms with van der Waals surface area (Å²) in [5.41, 5.74) is 0.601. The number of benzene rings is 3. The minimum absolute atomic E-state index is 0.00779. The molecule has 0 bridgehead atoms. The first kappa shape index (κ1) is 21.9. The van der Waals surface area contributed by atoms with Crippen LogP contribution >= 0.6 is 15.9 Å². The Morgan fingerprint density at radius 3 is 2.56 bits per heavy atom. The van der Waals surface area contributed by atoms with Gasteiger partial charge < -0.3 is 4.74 Å². The number of nitro groups is 1. The van der Waals surface area contributed by atoms with Crippen LogP contribution in [0.4, 0.5) is 10.1 Å². The van der Waals surface area contributed by atoms with Crippen LogP contribution in [0.2, 0.25) is 0 Å². The molecule has 1 heterocycles. The van der Waals surface area contributed by atoms with E-state index in [1.165, 1.54) is 49.4 Å². The predicted octanol–water partition coefficient (Wildman–Crippen LogP) is 4.97. The number of fused-ring (bicyclic) bond motifs is 1. The lowest BCUT2D eigenvalue weighted by Gasteiger charge is -2.13. The Balaban J connectivity index is 1.81. The highest BCUT2D eigenvalue weighted by molar-refractivity contribution is 9.10. The van der Waals surface area contributed by atoms with Gasteiger partial charge in [0, 0.05) is 22.2 Å². The van der Waals surface area contributed by atoms with Gasteiger partial charge in [-0.3, -0.25) is 10.1 Å². The van der Waals surface area contributed by atoms with Gasteiger partial charge in [-0.25, -0.2) is 21.8 Å². The molecule has 164 valence electrons. The zero-order valence-corrected chi connectivity index (χ0v) is 18.9. The molecule has 11 heteroatoms. The molecule has 0 saturated carbocycles. The summed E-state index contributed by atoms with van der Waals surface area (Å²) in [6.45, 7) is 1.15. The van der Waals surface area contributed by atoms with Crippen LogP contribution in [0.5, 0.6) is 5.75 Å². The summed E-state index contributed by atoms with van der Waals surface area (Å²) in [4.78, 5) is 14.5. The maximum atomic E-state index is 14.1. The van der Waals surface area contributed by atoms with Crippen molar-refractivity contribution in [2.75, 3.05) is 0 Å². The monoisotopic (exact) mass is 519 g/mol. The number of halogens is 2. The van der Waals surface area contributed by atoms with Crippen molar-refractivity contribution in [3.05, 3.63) is 92.5 Å². The van der Waals surface area contributed by atoms with Crippen LogP contribution in [0.1, 0.15) is 11.4 Å². The fraction of sp³-hybridized carbons (Fsp3) is 0.0952. The normalized spacial score (nSPS) is 11.6. The summed E-state index contributed by atoms with van der Waals surface area (Å²) in [5.74, 6) is -0.268. The number of rotatable bonds is 6. The molecule has 1 aromatic heterocycles. The minimum atomic E-state index is -4.22. The van der Waals surface area contributed by atoms with Crippen LogP contribution in [-0.4, -0.2) is 22.3 Å². The van der Waals surface area contributed by atoms with Gasteiger partial charge in [0.15, 0.2) is 5.82 Å². The molecular formula is C21H15BrFN3O5S. The maximum absolute atomic E-state index is 14.1. The van der Waals surface area contributed by atoms with Gasteiger partial charge in [0.2, 0.25) is 0 Å². The van der Waals surface area contributed by atoms with Crippen molar-refractivity contribution in [3.8, 4) is 5.75 Å². The predicted molar refractivity (Wildman–Crippen MR) is 119 cm³/mol. The van der Waals surface area contributed by atoms with E-state index in [1.807, 2.05) is 0 Å². The topological polar surface area (TPSA) is 104 Å². The Kier molecular flexibility index (Phi) is 5.70. The first-order chi connectivity index (χ1) is 15.2. The van der Waals surface area contributed by atoms with Crippen LogP contribution in [0.15, 0.2) is 70.0 Å². The summed E-state index contributed by atoms with van der Waals surface area (Å²) in [6, 6.07) is 14.2. The van der Waals surface area contributed by atoms with Gasteiger partial charge in [0.1, 0.15) is 18.2 Å². The molecule has 0 radical (unpaired) electrons. The Morgan fingerprint density at radius 2 is 1.88 bits per heavy atom. The van der Waals surface area contributed by atoms with Crippen LogP contribution in [0, 0.1) is 22.9 Å². The van der Waals surface area contributed by atoms with E-state index >= 15 is 0 Å². The van der Waals surface area contributed by atoms with E-state index < -0.39 is 20.8 Å². The molecule has 0 aliphatic rings. The summed E-state index contributed by atoms with van der Waals surface area (Å²) >= 11 is 3.34. The van der Waals surface area contributed by atoms with E-state index in [-0.39, 0.29) is 28.6 Å². The van der Waals surface area contributed by atoms with E-state index in [9.17, 15) is 22.9 Å². The van der Waals surface area contributed by atoms with Crippen LogP contribution < -0.4 is 4.74 Å². The molecule has 0 saturated heterocycles. The van der Waals surface area contributed by atoms with Gasteiger partial charge in [-0.1, -0.05) is 22.0 Å². The fourth-order valence-corrected chi connectivity index (χ4v) is 5.27. The number of hydrogen-bond acceptors (Lipinski definition) is 6. The Morgan fingerprint density at radius 1 is 1.16 bits per heavy atom. The standard InChI is InChI=1S/C21H15BrFN3O5S/c1-13-17(23)3-2-4-20(13)32(29,30)25-19-11-14(22)5-10-18(19)24-21(25)12-31-16-8-6-15(7-9-16)26(27)28/h2-11H,12H2,1H3. The number of nitrogens with zero attached hydrogens (tertiary/aromatic N) is 3. The largest absolute Gasteiger partial charge is 0.486 e. The van der Waals surface area contributed by atoms with Crippen molar-refractivity contribution in [2.45, 2.75) is 18.4 Å². The Bertz CT molecular complexity index is 1450. The molecule has 0 spiro atoms. The van der Waals surface area contributed by atoms with Gasteiger partial charge in [-0.15, -0.1) is 0 Å². The van der Waals surface area contributed by atoms with E-state index in [4.69, 9.17) is 4.74 Å². The molecule has 0 atom stereocenters. The lowest BCUT2D eigenvalue weighted by atomic mass is 10.2. The number of hydrogen-bond donors (Lipinski definition) is 0. The van der Waals surface area contributed by atoms with Crippen molar-refractivity contribution in [3.63, 3.8) is 0 Å².